The van der Waals surface area contributed by atoms with Crippen LogP contribution in [0.5, 0.6) is 0 Å². The van der Waals surface area contributed by atoms with Crippen molar-refractivity contribution in [3.63, 3.8) is 0 Å². The lowest BCUT2D eigenvalue weighted by molar-refractivity contribution is 0.284. The second-order valence-corrected chi connectivity index (χ2v) is 5.74. The lowest BCUT2D eigenvalue weighted by atomic mass is 10.1. The second kappa shape index (κ2) is 7.31. The third kappa shape index (κ3) is 3.74. The Labute approximate surface area is 123 Å². The summed E-state index contributed by atoms with van der Waals surface area (Å²) in [6.45, 7) is 2.30. The minimum absolute atomic E-state index is 0.259. The lowest BCUT2D eigenvalue weighted by Crippen LogP contribution is -2.11. The van der Waals surface area contributed by atoms with Gasteiger partial charge in [-0.2, -0.15) is 0 Å². The average Bonchev–Trinajstić information content (AvgIpc) is 2.80. The third-order valence-electron chi connectivity index (χ3n) is 2.97. The Morgan fingerprint density at radius 2 is 2.10 bits per heavy atom. The van der Waals surface area contributed by atoms with Crippen molar-refractivity contribution >= 4 is 11.8 Å². The molecule has 3 N–H and O–H groups in total. The maximum absolute atomic E-state index is 8.73. The van der Waals surface area contributed by atoms with Gasteiger partial charge in [-0.05, 0) is 25.8 Å². The molecule has 1 heterocycles. The van der Waals surface area contributed by atoms with Crippen LogP contribution in [0.1, 0.15) is 24.8 Å². The highest BCUT2D eigenvalue weighted by molar-refractivity contribution is 7.99. The molecule has 0 aliphatic rings. The van der Waals surface area contributed by atoms with Gasteiger partial charge in [0.25, 0.3) is 0 Å². The van der Waals surface area contributed by atoms with Crippen LogP contribution < -0.4 is 5.84 Å². The highest BCUT2D eigenvalue weighted by Crippen LogP contribution is 2.22. The standard InChI is InChI=1S/C14H20N4OS/c1-11-6-5-7-12(10-11)13-16-17-14(18(13)15)20-9-4-2-3-8-19/h5-7,10,19H,2-4,8-9,15H2,1H3. The Morgan fingerprint density at radius 1 is 1.25 bits per heavy atom. The van der Waals surface area contributed by atoms with Gasteiger partial charge >= 0.3 is 0 Å². The van der Waals surface area contributed by atoms with Gasteiger partial charge in [-0.15, -0.1) is 10.2 Å². The number of aromatic nitrogens is 3. The number of hydrogen-bond donors (Lipinski definition) is 2. The van der Waals surface area contributed by atoms with Crippen molar-refractivity contribution in [3.05, 3.63) is 29.8 Å². The van der Waals surface area contributed by atoms with E-state index in [1.807, 2.05) is 31.2 Å². The number of aryl methyl sites for hydroxylation is 1. The fraction of sp³-hybridized carbons (Fsp3) is 0.429. The summed E-state index contributed by atoms with van der Waals surface area (Å²) in [6.07, 6.45) is 2.91. The first-order valence-corrected chi connectivity index (χ1v) is 7.72. The molecule has 20 heavy (non-hydrogen) atoms. The number of rotatable bonds is 7. The Hall–Kier alpha value is -1.53. The molecule has 1 aromatic heterocycles. The molecule has 0 unspecified atom stereocenters. The topological polar surface area (TPSA) is 77.0 Å². The van der Waals surface area contributed by atoms with E-state index in [2.05, 4.69) is 10.2 Å². The van der Waals surface area contributed by atoms with Crippen LogP contribution in [0.3, 0.4) is 0 Å². The van der Waals surface area contributed by atoms with Gasteiger partial charge in [-0.3, -0.25) is 0 Å². The fourth-order valence-corrected chi connectivity index (χ4v) is 2.77. The summed E-state index contributed by atoms with van der Waals surface area (Å²) < 4.78 is 1.55. The quantitative estimate of drug-likeness (QED) is 0.465. The van der Waals surface area contributed by atoms with Crippen LogP contribution in [0.25, 0.3) is 11.4 Å². The van der Waals surface area contributed by atoms with Crippen molar-refractivity contribution in [2.24, 2.45) is 0 Å². The van der Waals surface area contributed by atoms with E-state index in [1.54, 1.807) is 16.4 Å². The molecule has 5 nitrogen and oxygen atoms in total. The van der Waals surface area contributed by atoms with Gasteiger partial charge < -0.3 is 10.9 Å². The molecule has 108 valence electrons. The Balaban J connectivity index is 2.00. The van der Waals surface area contributed by atoms with Gasteiger partial charge in [0.15, 0.2) is 5.82 Å². The molecular weight excluding hydrogens is 272 g/mol. The molecule has 0 saturated carbocycles. The maximum atomic E-state index is 8.73. The van der Waals surface area contributed by atoms with Gasteiger partial charge in [-0.1, -0.05) is 41.9 Å². The van der Waals surface area contributed by atoms with Crippen molar-refractivity contribution in [2.45, 2.75) is 31.3 Å². The zero-order chi connectivity index (χ0) is 14.4. The summed E-state index contributed by atoms with van der Waals surface area (Å²) in [5.41, 5.74) is 2.15. The number of benzene rings is 1. The number of nitrogen functional groups attached to an aromatic ring is 1. The van der Waals surface area contributed by atoms with Crippen LogP contribution in [0, 0.1) is 6.92 Å². The van der Waals surface area contributed by atoms with E-state index >= 15 is 0 Å². The van der Waals surface area contributed by atoms with Gasteiger partial charge in [0.2, 0.25) is 5.16 Å². The molecule has 2 rings (SSSR count). The Bertz CT molecular complexity index is 556. The predicted octanol–water partition coefficient (Wildman–Crippen LogP) is 2.22. The molecule has 0 spiro atoms. The number of nitrogens with zero attached hydrogens (tertiary/aromatic N) is 3. The number of aliphatic hydroxyl groups is 1. The number of hydrogen-bond acceptors (Lipinski definition) is 5. The normalized spacial score (nSPS) is 10.9. The highest BCUT2D eigenvalue weighted by Gasteiger charge is 2.11. The molecule has 6 heteroatoms. The summed E-state index contributed by atoms with van der Waals surface area (Å²) in [7, 11) is 0. The van der Waals surface area contributed by atoms with Gasteiger partial charge in [0, 0.05) is 17.9 Å². The summed E-state index contributed by atoms with van der Waals surface area (Å²) in [4.78, 5) is 0. The molecule has 0 fully saturated rings. The first-order valence-electron chi connectivity index (χ1n) is 6.73. The highest BCUT2D eigenvalue weighted by atomic mass is 32.2. The Kier molecular flexibility index (Phi) is 5.43. The zero-order valence-electron chi connectivity index (χ0n) is 11.6. The predicted molar refractivity (Wildman–Crippen MR) is 82.0 cm³/mol. The number of nitrogens with two attached hydrogens (primary N) is 1. The molecule has 0 aliphatic carbocycles. The van der Waals surface area contributed by atoms with E-state index in [-0.39, 0.29) is 6.61 Å². The lowest BCUT2D eigenvalue weighted by Gasteiger charge is -2.04. The molecule has 2 aromatic rings. The minimum atomic E-state index is 0.259. The van der Waals surface area contributed by atoms with E-state index in [4.69, 9.17) is 10.9 Å². The van der Waals surface area contributed by atoms with Crippen molar-refractivity contribution in [3.8, 4) is 11.4 Å². The van der Waals surface area contributed by atoms with Gasteiger partial charge in [-0.25, -0.2) is 4.68 Å². The Morgan fingerprint density at radius 3 is 2.85 bits per heavy atom. The van der Waals surface area contributed by atoms with E-state index in [0.717, 1.165) is 35.7 Å². The summed E-state index contributed by atoms with van der Waals surface area (Å²) >= 11 is 1.60. The molecule has 1 aromatic carbocycles. The summed E-state index contributed by atoms with van der Waals surface area (Å²) in [5.74, 6) is 7.68. The van der Waals surface area contributed by atoms with Gasteiger partial charge in [0.05, 0.1) is 0 Å². The molecular formula is C14H20N4OS. The molecule has 0 saturated heterocycles. The summed E-state index contributed by atoms with van der Waals surface area (Å²) in [6, 6.07) is 8.05. The first kappa shape index (κ1) is 14.9. The molecule has 0 bridgehead atoms. The monoisotopic (exact) mass is 292 g/mol. The second-order valence-electron chi connectivity index (χ2n) is 4.68. The van der Waals surface area contributed by atoms with E-state index in [0.29, 0.717) is 5.82 Å². The smallest absolute Gasteiger partial charge is 0.210 e. The molecule has 0 aliphatic heterocycles. The summed E-state index contributed by atoms with van der Waals surface area (Å²) in [5, 5.41) is 17.8. The third-order valence-corrected chi connectivity index (χ3v) is 4.00. The number of aliphatic hydroxyl groups excluding tert-OH is 1. The van der Waals surface area contributed by atoms with Gasteiger partial charge in [0.1, 0.15) is 0 Å². The largest absolute Gasteiger partial charge is 0.396 e. The van der Waals surface area contributed by atoms with Crippen LogP contribution in [0.4, 0.5) is 0 Å². The molecule has 0 radical (unpaired) electrons. The number of unbranched alkanes of at least 4 members (excludes halogenated alkanes) is 2. The first-order chi connectivity index (χ1) is 9.72. The van der Waals surface area contributed by atoms with E-state index in [9.17, 15) is 0 Å². The van der Waals surface area contributed by atoms with Crippen molar-refractivity contribution in [1.82, 2.24) is 14.9 Å². The van der Waals surface area contributed by atoms with E-state index in [1.165, 1.54) is 5.56 Å². The molecule has 0 atom stereocenters. The van der Waals surface area contributed by atoms with Crippen molar-refractivity contribution in [1.29, 1.82) is 0 Å². The maximum Gasteiger partial charge on any atom is 0.210 e. The minimum Gasteiger partial charge on any atom is -0.396 e. The molecule has 0 amide bonds. The van der Waals surface area contributed by atoms with Crippen LogP contribution in [0.15, 0.2) is 29.4 Å². The fourth-order valence-electron chi connectivity index (χ4n) is 1.91. The van der Waals surface area contributed by atoms with Crippen molar-refractivity contribution in [2.75, 3.05) is 18.2 Å². The number of thioether (sulfide) groups is 1. The van der Waals surface area contributed by atoms with E-state index < -0.39 is 0 Å². The van der Waals surface area contributed by atoms with Crippen LogP contribution in [-0.4, -0.2) is 32.3 Å². The van der Waals surface area contributed by atoms with Crippen molar-refractivity contribution < 1.29 is 5.11 Å². The average molecular weight is 292 g/mol. The zero-order valence-corrected chi connectivity index (χ0v) is 12.4. The SMILES string of the molecule is Cc1cccc(-c2nnc(SCCCCCO)n2N)c1. The van der Waals surface area contributed by atoms with Crippen LogP contribution in [-0.2, 0) is 0 Å². The van der Waals surface area contributed by atoms with Crippen LogP contribution >= 0.6 is 11.8 Å². The van der Waals surface area contributed by atoms with Crippen LogP contribution in [0.2, 0.25) is 0 Å².